The highest BCUT2D eigenvalue weighted by Gasteiger charge is 2.00. The van der Waals surface area contributed by atoms with E-state index in [1.54, 1.807) is 0 Å². The molecule has 66 valence electrons. The topological polar surface area (TPSA) is 64.7 Å². The first-order valence-electron chi connectivity index (χ1n) is 3.88. The van der Waals surface area contributed by atoms with Crippen molar-refractivity contribution in [1.29, 1.82) is 0 Å². The fourth-order valence-electron chi connectivity index (χ4n) is 0.855. The molecule has 1 aromatic rings. The summed E-state index contributed by atoms with van der Waals surface area (Å²) in [5.41, 5.74) is 5.38. The van der Waals surface area contributed by atoms with Gasteiger partial charge in [0.15, 0.2) is 0 Å². The molecule has 2 N–H and O–H groups in total. The molecule has 0 aromatic carbocycles. The number of aromatic nitrogens is 3. The van der Waals surface area contributed by atoms with Crippen molar-refractivity contribution in [2.75, 3.05) is 5.73 Å². The standard InChI is InChI=1S/C7H11ClN4/c1-2-3-4-5-10-6(8)12-7(9)11-5/h2-4H2,1H3,(H2,9,10,11,12). The lowest BCUT2D eigenvalue weighted by Crippen LogP contribution is -2.02. The van der Waals surface area contributed by atoms with Crippen molar-refractivity contribution in [3.05, 3.63) is 11.1 Å². The smallest absolute Gasteiger partial charge is 0.227 e. The molecule has 0 bridgehead atoms. The van der Waals surface area contributed by atoms with Crippen molar-refractivity contribution in [2.24, 2.45) is 0 Å². The number of hydrogen-bond acceptors (Lipinski definition) is 4. The summed E-state index contributed by atoms with van der Waals surface area (Å²) in [5.74, 6) is 0.871. The minimum atomic E-state index is 0.175. The first-order valence-corrected chi connectivity index (χ1v) is 4.26. The third-order valence-corrected chi connectivity index (χ3v) is 1.59. The van der Waals surface area contributed by atoms with Gasteiger partial charge in [0.1, 0.15) is 5.82 Å². The highest BCUT2D eigenvalue weighted by molar-refractivity contribution is 6.28. The second kappa shape index (κ2) is 4.21. The van der Waals surface area contributed by atoms with Crippen molar-refractivity contribution >= 4 is 17.5 Å². The van der Waals surface area contributed by atoms with E-state index in [0.717, 1.165) is 19.3 Å². The van der Waals surface area contributed by atoms with E-state index in [4.69, 9.17) is 17.3 Å². The summed E-state index contributed by atoms with van der Waals surface area (Å²) in [6.07, 6.45) is 2.95. The van der Waals surface area contributed by atoms with E-state index in [1.165, 1.54) is 0 Å². The predicted octanol–water partition coefficient (Wildman–Crippen LogP) is 1.45. The molecule has 0 fully saturated rings. The Morgan fingerprint density at radius 2 is 2.08 bits per heavy atom. The maximum absolute atomic E-state index is 5.59. The van der Waals surface area contributed by atoms with Crippen LogP contribution in [0.1, 0.15) is 25.6 Å². The minimum absolute atomic E-state index is 0.175. The van der Waals surface area contributed by atoms with Gasteiger partial charge in [-0.25, -0.2) is 4.98 Å². The van der Waals surface area contributed by atoms with Gasteiger partial charge in [-0.05, 0) is 18.0 Å². The third kappa shape index (κ3) is 2.62. The van der Waals surface area contributed by atoms with Crippen LogP contribution in [0.15, 0.2) is 0 Å². The number of nitrogen functional groups attached to an aromatic ring is 1. The zero-order valence-corrected chi connectivity index (χ0v) is 7.67. The number of nitrogens with zero attached hydrogens (tertiary/aromatic N) is 3. The fourth-order valence-corrected chi connectivity index (χ4v) is 1.04. The van der Waals surface area contributed by atoms with E-state index >= 15 is 0 Å². The number of hydrogen-bond donors (Lipinski definition) is 1. The van der Waals surface area contributed by atoms with Crippen molar-refractivity contribution in [2.45, 2.75) is 26.2 Å². The van der Waals surface area contributed by atoms with Gasteiger partial charge in [-0.2, -0.15) is 9.97 Å². The SMILES string of the molecule is CCCCc1nc(N)nc(Cl)n1. The van der Waals surface area contributed by atoms with E-state index in [1.807, 2.05) is 0 Å². The Morgan fingerprint density at radius 3 is 2.67 bits per heavy atom. The molecule has 0 amide bonds. The molecule has 0 unspecified atom stereocenters. The first kappa shape index (κ1) is 9.19. The highest BCUT2D eigenvalue weighted by atomic mass is 35.5. The maximum atomic E-state index is 5.59. The van der Waals surface area contributed by atoms with Gasteiger partial charge >= 0.3 is 0 Å². The molecule has 0 saturated carbocycles. The lowest BCUT2D eigenvalue weighted by Gasteiger charge is -1.98. The van der Waals surface area contributed by atoms with E-state index in [9.17, 15) is 0 Å². The molecule has 1 heterocycles. The Bertz CT molecular complexity index is 243. The average Bonchev–Trinajstić information content (AvgIpc) is 1.99. The van der Waals surface area contributed by atoms with Gasteiger partial charge in [-0.15, -0.1) is 0 Å². The minimum Gasteiger partial charge on any atom is -0.368 e. The lowest BCUT2D eigenvalue weighted by atomic mass is 10.2. The van der Waals surface area contributed by atoms with Gasteiger partial charge in [0.05, 0.1) is 0 Å². The van der Waals surface area contributed by atoms with Gasteiger partial charge < -0.3 is 5.73 Å². The van der Waals surface area contributed by atoms with Gasteiger partial charge in [-0.3, -0.25) is 0 Å². The molecule has 0 aliphatic carbocycles. The highest BCUT2D eigenvalue weighted by Crippen LogP contribution is 2.05. The molecule has 0 radical (unpaired) electrons. The second-order valence-electron chi connectivity index (χ2n) is 2.48. The summed E-state index contributed by atoms with van der Waals surface area (Å²) in [6.45, 7) is 2.10. The van der Waals surface area contributed by atoms with Crippen molar-refractivity contribution in [1.82, 2.24) is 15.0 Å². The van der Waals surface area contributed by atoms with Crippen LogP contribution in [0.3, 0.4) is 0 Å². The zero-order valence-electron chi connectivity index (χ0n) is 6.92. The van der Waals surface area contributed by atoms with Crippen LogP contribution < -0.4 is 5.73 Å². The first-order chi connectivity index (χ1) is 5.72. The normalized spacial score (nSPS) is 10.2. The Kier molecular flexibility index (Phi) is 3.22. The molecule has 4 nitrogen and oxygen atoms in total. The monoisotopic (exact) mass is 186 g/mol. The van der Waals surface area contributed by atoms with E-state index in [-0.39, 0.29) is 11.2 Å². The number of anilines is 1. The molecular weight excluding hydrogens is 176 g/mol. The molecule has 0 atom stereocenters. The predicted molar refractivity (Wildman–Crippen MR) is 47.9 cm³/mol. The Morgan fingerprint density at radius 1 is 1.33 bits per heavy atom. The molecule has 0 saturated heterocycles. The van der Waals surface area contributed by atoms with Crippen LogP contribution in [0.2, 0.25) is 5.28 Å². The van der Waals surface area contributed by atoms with Gasteiger partial charge in [0, 0.05) is 6.42 Å². The third-order valence-electron chi connectivity index (χ3n) is 1.43. The zero-order chi connectivity index (χ0) is 8.97. The number of halogens is 1. The van der Waals surface area contributed by atoms with Crippen molar-refractivity contribution < 1.29 is 0 Å². The Labute approximate surface area is 76.2 Å². The van der Waals surface area contributed by atoms with Gasteiger partial charge in [0.2, 0.25) is 11.2 Å². The van der Waals surface area contributed by atoms with Crippen molar-refractivity contribution in [3.8, 4) is 0 Å². The Hall–Kier alpha value is -0.900. The summed E-state index contributed by atoms with van der Waals surface area (Å²) in [5, 5.41) is 0.175. The summed E-state index contributed by atoms with van der Waals surface area (Å²) >= 11 is 5.59. The molecule has 1 rings (SSSR count). The largest absolute Gasteiger partial charge is 0.368 e. The quantitative estimate of drug-likeness (QED) is 0.776. The summed E-state index contributed by atoms with van der Waals surface area (Å²) in [6, 6.07) is 0. The molecule has 0 aliphatic rings. The van der Waals surface area contributed by atoms with Gasteiger partial charge in [-0.1, -0.05) is 13.3 Å². The van der Waals surface area contributed by atoms with E-state index in [2.05, 4.69) is 21.9 Å². The van der Waals surface area contributed by atoms with Crippen LogP contribution in [0, 0.1) is 0 Å². The van der Waals surface area contributed by atoms with Crippen LogP contribution in [0.5, 0.6) is 0 Å². The van der Waals surface area contributed by atoms with Crippen LogP contribution in [-0.2, 0) is 6.42 Å². The van der Waals surface area contributed by atoms with Crippen molar-refractivity contribution in [3.63, 3.8) is 0 Å². The summed E-state index contributed by atoms with van der Waals surface area (Å²) in [7, 11) is 0. The molecule has 5 heteroatoms. The second-order valence-corrected chi connectivity index (χ2v) is 2.82. The summed E-state index contributed by atoms with van der Waals surface area (Å²) < 4.78 is 0. The van der Waals surface area contributed by atoms with E-state index in [0.29, 0.717) is 5.82 Å². The molecule has 12 heavy (non-hydrogen) atoms. The summed E-state index contributed by atoms with van der Waals surface area (Å²) in [4.78, 5) is 11.5. The fraction of sp³-hybridized carbons (Fsp3) is 0.571. The van der Waals surface area contributed by atoms with Crippen LogP contribution in [0.25, 0.3) is 0 Å². The van der Waals surface area contributed by atoms with Crippen LogP contribution in [-0.4, -0.2) is 15.0 Å². The van der Waals surface area contributed by atoms with Crippen LogP contribution >= 0.6 is 11.6 Å². The Balaban J connectivity index is 2.72. The molecular formula is C7H11ClN4. The lowest BCUT2D eigenvalue weighted by molar-refractivity contribution is 0.747. The molecule has 0 spiro atoms. The van der Waals surface area contributed by atoms with E-state index < -0.39 is 0 Å². The maximum Gasteiger partial charge on any atom is 0.227 e. The van der Waals surface area contributed by atoms with Gasteiger partial charge in [0.25, 0.3) is 0 Å². The number of unbranched alkanes of at least 4 members (excludes halogenated alkanes) is 1. The molecule has 1 aromatic heterocycles. The average molecular weight is 187 g/mol. The number of nitrogens with two attached hydrogens (primary N) is 1. The molecule has 0 aliphatic heterocycles. The van der Waals surface area contributed by atoms with Crippen LogP contribution in [0.4, 0.5) is 5.95 Å². The number of aryl methyl sites for hydroxylation is 1. The number of rotatable bonds is 3.